The standard InChI is InChI=1S/C23H25N2O2/c1-4-13-25-14-11-23(12-15-25,19-8-6-18(7-9-19)22(24)26)20-16-17(2)5-10-21(20)27-3/h5-10,16H,11-15H2,2-3H3,(H2,24,26). The van der Waals surface area contributed by atoms with Crippen LogP contribution in [-0.2, 0) is 5.41 Å². The van der Waals surface area contributed by atoms with Gasteiger partial charge in [-0.3, -0.25) is 9.69 Å². The quantitative estimate of drug-likeness (QED) is 0.833. The van der Waals surface area contributed by atoms with Crippen molar-refractivity contribution < 1.29 is 9.53 Å². The molecule has 0 aromatic heterocycles. The van der Waals surface area contributed by atoms with Gasteiger partial charge in [-0.1, -0.05) is 35.7 Å². The van der Waals surface area contributed by atoms with Gasteiger partial charge in [-0.25, -0.2) is 0 Å². The van der Waals surface area contributed by atoms with Crippen LogP contribution in [0.3, 0.4) is 0 Å². The molecular weight excluding hydrogens is 336 g/mol. The molecule has 27 heavy (non-hydrogen) atoms. The lowest BCUT2D eigenvalue weighted by Gasteiger charge is -2.43. The van der Waals surface area contributed by atoms with Crippen molar-refractivity contribution in [3.05, 3.63) is 71.1 Å². The van der Waals surface area contributed by atoms with Crippen molar-refractivity contribution in [2.45, 2.75) is 25.2 Å². The number of piperidine rings is 1. The molecule has 2 N–H and O–H groups in total. The number of carbonyl (C=O) groups excluding carboxylic acids is 1. The van der Waals surface area contributed by atoms with Gasteiger partial charge in [-0.15, -0.1) is 0 Å². The fraction of sp³-hybridized carbons (Fsp3) is 0.348. The zero-order valence-electron chi connectivity index (χ0n) is 15.9. The largest absolute Gasteiger partial charge is 0.496 e. The van der Waals surface area contributed by atoms with Gasteiger partial charge in [0, 0.05) is 29.6 Å². The smallest absolute Gasteiger partial charge is 0.248 e. The maximum Gasteiger partial charge on any atom is 0.248 e. The molecule has 1 amide bonds. The van der Waals surface area contributed by atoms with E-state index >= 15 is 0 Å². The molecular formula is C23H25N2O2. The molecule has 0 spiro atoms. The maximum atomic E-state index is 11.5. The number of hydrogen-bond acceptors (Lipinski definition) is 3. The zero-order chi connectivity index (χ0) is 19.4. The summed E-state index contributed by atoms with van der Waals surface area (Å²) in [5.41, 5.74) is 9.25. The highest BCUT2D eigenvalue weighted by molar-refractivity contribution is 5.92. The van der Waals surface area contributed by atoms with E-state index in [2.05, 4.69) is 29.9 Å². The van der Waals surface area contributed by atoms with Gasteiger partial charge in [0.1, 0.15) is 5.75 Å². The average molecular weight is 361 g/mol. The van der Waals surface area contributed by atoms with Gasteiger partial charge in [0.2, 0.25) is 5.91 Å². The summed E-state index contributed by atoms with van der Waals surface area (Å²) < 4.78 is 5.71. The van der Waals surface area contributed by atoms with Crippen LogP contribution in [0.25, 0.3) is 0 Å². The summed E-state index contributed by atoms with van der Waals surface area (Å²) in [5.74, 6) is 2.96. The first-order valence-corrected chi connectivity index (χ1v) is 9.17. The van der Waals surface area contributed by atoms with E-state index in [9.17, 15) is 4.79 Å². The van der Waals surface area contributed by atoms with Crippen LogP contribution >= 0.6 is 0 Å². The molecule has 0 unspecified atom stereocenters. The van der Waals surface area contributed by atoms with Crippen LogP contribution in [0.4, 0.5) is 0 Å². The van der Waals surface area contributed by atoms with E-state index in [0.29, 0.717) is 12.1 Å². The Labute approximate surface area is 161 Å². The van der Waals surface area contributed by atoms with Gasteiger partial charge >= 0.3 is 0 Å². The van der Waals surface area contributed by atoms with Crippen LogP contribution in [0.2, 0.25) is 0 Å². The van der Waals surface area contributed by atoms with Crippen molar-refractivity contribution in [1.29, 1.82) is 0 Å². The second-order valence-electron chi connectivity index (χ2n) is 7.18. The zero-order valence-corrected chi connectivity index (χ0v) is 15.9. The van der Waals surface area contributed by atoms with Crippen LogP contribution in [-0.4, -0.2) is 37.6 Å². The van der Waals surface area contributed by atoms with E-state index in [1.54, 1.807) is 19.2 Å². The Morgan fingerprint density at radius 2 is 1.89 bits per heavy atom. The molecule has 0 bridgehead atoms. The van der Waals surface area contributed by atoms with Gasteiger partial charge in [0.05, 0.1) is 13.7 Å². The van der Waals surface area contributed by atoms with Crippen molar-refractivity contribution in [2.24, 2.45) is 5.73 Å². The molecule has 1 heterocycles. The van der Waals surface area contributed by atoms with Crippen LogP contribution in [0.5, 0.6) is 5.75 Å². The highest BCUT2D eigenvalue weighted by atomic mass is 16.5. The van der Waals surface area contributed by atoms with E-state index < -0.39 is 5.91 Å². The summed E-state index contributed by atoms with van der Waals surface area (Å²) in [7, 11) is 1.71. The van der Waals surface area contributed by atoms with Crippen molar-refractivity contribution in [2.75, 3.05) is 26.7 Å². The molecule has 139 valence electrons. The maximum absolute atomic E-state index is 11.5. The van der Waals surface area contributed by atoms with Gasteiger partial charge in [0.15, 0.2) is 0 Å². The monoisotopic (exact) mass is 361 g/mol. The Bertz CT molecular complexity index is 857. The molecule has 0 saturated carbocycles. The number of nitrogens with zero attached hydrogens (tertiary/aromatic N) is 1. The molecule has 4 heteroatoms. The number of primary amides is 1. The third-order valence-corrected chi connectivity index (χ3v) is 5.60. The lowest BCUT2D eigenvalue weighted by molar-refractivity contribution is 0.1000. The van der Waals surface area contributed by atoms with E-state index in [-0.39, 0.29) is 5.41 Å². The van der Waals surface area contributed by atoms with Crippen LogP contribution in [0.1, 0.15) is 39.9 Å². The Morgan fingerprint density at radius 1 is 1.22 bits per heavy atom. The van der Waals surface area contributed by atoms with Gasteiger partial charge in [0.25, 0.3) is 0 Å². The predicted octanol–water partition coefficient (Wildman–Crippen LogP) is 3.07. The molecule has 1 radical (unpaired) electrons. The minimum atomic E-state index is -0.417. The van der Waals surface area contributed by atoms with Crippen molar-refractivity contribution in [3.8, 4) is 11.7 Å². The molecule has 1 saturated heterocycles. The van der Waals surface area contributed by atoms with Gasteiger partial charge < -0.3 is 10.5 Å². The van der Waals surface area contributed by atoms with Crippen LogP contribution in [0.15, 0.2) is 42.5 Å². The second-order valence-corrected chi connectivity index (χ2v) is 7.18. The number of amides is 1. The first kappa shape index (κ1) is 19.0. The summed E-state index contributed by atoms with van der Waals surface area (Å²) in [4.78, 5) is 13.7. The summed E-state index contributed by atoms with van der Waals surface area (Å²) in [6.07, 6.45) is 9.08. The number of rotatable bonds is 5. The molecule has 0 atom stereocenters. The fourth-order valence-corrected chi connectivity index (χ4v) is 4.07. The third-order valence-electron chi connectivity index (χ3n) is 5.60. The van der Waals surface area contributed by atoms with E-state index in [1.165, 1.54) is 11.1 Å². The number of nitrogens with two attached hydrogens (primary N) is 1. The first-order chi connectivity index (χ1) is 13.0. The fourth-order valence-electron chi connectivity index (χ4n) is 4.07. The Balaban J connectivity index is 2.09. The number of likely N-dealkylation sites (tertiary alicyclic amines) is 1. The summed E-state index contributed by atoms with van der Waals surface area (Å²) in [6, 6.07) is 13.9. The lowest BCUT2D eigenvalue weighted by atomic mass is 9.67. The van der Waals surface area contributed by atoms with E-state index in [0.717, 1.165) is 37.2 Å². The minimum absolute atomic E-state index is 0.202. The predicted molar refractivity (Wildman–Crippen MR) is 106 cm³/mol. The highest BCUT2D eigenvalue weighted by Crippen LogP contribution is 2.45. The van der Waals surface area contributed by atoms with Gasteiger partial charge in [-0.05, 0) is 50.0 Å². The minimum Gasteiger partial charge on any atom is -0.496 e. The molecule has 1 fully saturated rings. The molecule has 1 aliphatic rings. The number of benzene rings is 2. The molecule has 3 rings (SSSR count). The Hall–Kier alpha value is -2.77. The molecule has 2 aromatic carbocycles. The van der Waals surface area contributed by atoms with E-state index in [4.69, 9.17) is 16.9 Å². The van der Waals surface area contributed by atoms with Crippen molar-refractivity contribution in [1.82, 2.24) is 4.90 Å². The number of hydrogen-bond donors (Lipinski definition) is 1. The van der Waals surface area contributed by atoms with E-state index in [1.807, 2.05) is 18.2 Å². The molecule has 1 aliphatic heterocycles. The van der Waals surface area contributed by atoms with Crippen LogP contribution in [0, 0.1) is 19.3 Å². The number of carbonyl (C=O) groups is 1. The van der Waals surface area contributed by atoms with Crippen LogP contribution < -0.4 is 10.5 Å². The Morgan fingerprint density at radius 3 is 2.44 bits per heavy atom. The lowest BCUT2D eigenvalue weighted by Crippen LogP contribution is -2.43. The summed E-state index contributed by atoms with van der Waals surface area (Å²) in [6.45, 7) is 4.40. The topological polar surface area (TPSA) is 55.6 Å². The summed E-state index contributed by atoms with van der Waals surface area (Å²) in [5, 5.41) is 0. The average Bonchev–Trinajstić information content (AvgIpc) is 2.69. The number of aryl methyl sites for hydroxylation is 1. The molecule has 2 aromatic rings. The SMILES string of the molecule is [C]#CCN1CCC(c2ccc(C(N)=O)cc2)(c2cc(C)ccc2OC)CC1. The van der Waals surface area contributed by atoms with Crippen molar-refractivity contribution >= 4 is 5.91 Å². The second kappa shape index (κ2) is 7.85. The summed E-state index contributed by atoms with van der Waals surface area (Å²) >= 11 is 0. The normalized spacial score (nSPS) is 16.5. The van der Waals surface area contributed by atoms with Crippen molar-refractivity contribution in [3.63, 3.8) is 0 Å². The molecule has 0 aliphatic carbocycles. The highest BCUT2D eigenvalue weighted by Gasteiger charge is 2.39. The number of methoxy groups -OCH3 is 1. The third kappa shape index (κ3) is 3.70. The van der Waals surface area contributed by atoms with Gasteiger partial charge in [-0.2, -0.15) is 0 Å². The Kier molecular flexibility index (Phi) is 5.53. The molecule has 4 nitrogen and oxygen atoms in total. The number of ether oxygens (including phenoxy) is 1. The first-order valence-electron chi connectivity index (χ1n) is 9.17.